The molecule has 2 aliphatic carbocycles. The minimum Gasteiger partial charge on any atom is -0.497 e. The lowest BCUT2D eigenvalue weighted by atomic mass is 9.59. The molecule has 0 bridgehead atoms. The van der Waals surface area contributed by atoms with Gasteiger partial charge in [-0.25, -0.2) is 4.99 Å². The van der Waals surface area contributed by atoms with Gasteiger partial charge in [0.2, 0.25) is 0 Å². The molecule has 1 saturated carbocycles. The Labute approximate surface area is 189 Å². The van der Waals surface area contributed by atoms with Crippen molar-refractivity contribution in [3.05, 3.63) is 53.1 Å². The molecule has 0 radical (unpaired) electrons. The number of rotatable bonds is 3. The van der Waals surface area contributed by atoms with E-state index in [2.05, 4.69) is 31.2 Å². The number of fused-ring (bicyclic) bond motifs is 3. The quantitative estimate of drug-likeness (QED) is 0.788. The molecule has 6 heteroatoms. The molecule has 5 rings (SSSR count). The highest BCUT2D eigenvalue weighted by atomic mass is 16.5. The van der Waals surface area contributed by atoms with Crippen molar-refractivity contribution in [3.8, 4) is 22.9 Å². The maximum atomic E-state index is 9.45. The van der Waals surface area contributed by atoms with Crippen LogP contribution in [-0.4, -0.2) is 33.0 Å². The summed E-state index contributed by atoms with van der Waals surface area (Å²) < 4.78 is 17.0. The largest absolute Gasteiger partial charge is 0.497 e. The number of hydrogen-bond acceptors (Lipinski definition) is 6. The Morgan fingerprint density at radius 2 is 2.03 bits per heavy atom. The van der Waals surface area contributed by atoms with Gasteiger partial charge in [0.05, 0.1) is 24.8 Å². The van der Waals surface area contributed by atoms with Crippen LogP contribution in [0.3, 0.4) is 0 Å². The predicted octanol–water partition coefficient (Wildman–Crippen LogP) is 4.15. The number of nitrogens with zero attached hydrogens (tertiary/aromatic N) is 2. The zero-order valence-electron chi connectivity index (χ0n) is 18.9. The Morgan fingerprint density at radius 3 is 2.69 bits per heavy atom. The summed E-state index contributed by atoms with van der Waals surface area (Å²) in [5, 5.41) is 9.45. The summed E-state index contributed by atoms with van der Waals surface area (Å²) in [6.45, 7) is 2.75. The van der Waals surface area contributed by atoms with E-state index in [0.29, 0.717) is 23.8 Å². The number of methoxy groups -OCH3 is 2. The lowest BCUT2D eigenvalue weighted by Crippen LogP contribution is -2.48. The number of nitrogens with two attached hydrogens (primary N) is 1. The van der Waals surface area contributed by atoms with Crippen LogP contribution in [0.1, 0.15) is 42.9 Å². The third-order valence-corrected chi connectivity index (χ3v) is 7.85. The molecule has 2 aromatic rings. The van der Waals surface area contributed by atoms with Gasteiger partial charge in [-0.05, 0) is 78.1 Å². The Hall–Kier alpha value is -3.04. The van der Waals surface area contributed by atoms with Gasteiger partial charge >= 0.3 is 0 Å². The van der Waals surface area contributed by atoms with Gasteiger partial charge in [-0.1, -0.05) is 19.1 Å². The molecule has 0 unspecified atom stereocenters. The number of ether oxygens (including phenoxy) is 3. The summed E-state index contributed by atoms with van der Waals surface area (Å²) >= 11 is 0. The lowest BCUT2D eigenvalue weighted by Gasteiger charge is -2.47. The minimum atomic E-state index is -0.480. The molecule has 3 aliphatic rings. The van der Waals surface area contributed by atoms with E-state index < -0.39 is 5.54 Å². The molecule has 1 aliphatic heterocycles. The Kier molecular flexibility index (Phi) is 4.90. The van der Waals surface area contributed by atoms with Crippen LogP contribution in [-0.2, 0) is 21.4 Å². The lowest BCUT2D eigenvalue weighted by molar-refractivity contribution is -0.0445. The first-order valence-corrected chi connectivity index (χ1v) is 11.2. The molecule has 0 aromatic heterocycles. The maximum absolute atomic E-state index is 9.45. The van der Waals surface area contributed by atoms with Crippen LogP contribution in [0.15, 0.2) is 41.4 Å². The van der Waals surface area contributed by atoms with Crippen molar-refractivity contribution in [2.45, 2.75) is 44.2 Å². The van der Waals surface area contributed by atoms with E-state index >= 15 is 0 Å². The predicted molar refractivity (Wildman–Crippen MR) is 122 cm³/mol. The zero-order chi connectivity index (χ0) is 22.5. The Bertz CT molecular complexity index is 1140. The van der Waals surface area contributed by atoms with Crippen LogP contribution in [0.5, 0.6) is 5.75 Å². The van der Waals surface area contributed by atoms with E-state index in [0.717, 1.165) is 36.8 Å². The van der Waals surface area contributed by atoms with E-state index in [4.69, 9.17) is 24.9 Å². The van der Waals surface area contributed by atoms with E-state index in [1.807, 2.05) is 19.2 Å². The molecular weight excluding hydrogens is 402 g/mol. The number of amidine groups is 1. The van der Waals surface area contributed by atoms with Crippen molar-refractivity contribution in [1.29, 1.82) is 5.26 Å². The number of hydrogen-bond donors (Lipinski definition) is 1. The molecule has 1 fully saturated rings. The van der Waals surface area contributed by atoms with E-state index in [1.165, 1.54) is 11.1 Å². The van der Waals surface area contributed by atoms with Crippen molar-refractivity contribution in [2.75, 3.05) is 20.8 Å². The Balaban J connectivity index is 1.62. The second-order valence-corrected chi connectivity index (χ2v) is 9.48. The van der Waals surface area contributed by atoms with Gasteiger partial charge < -0.3 is 19.9 Å². The fraction of sp³-hybridized carbons (Fsp3) is 0.462. The molecule has 32 heavy (non-hydrogen) atoms. The normalized spacial score (nSPS) is 30.6. The molecular formula is C26H29N3O3. The van der Waals surface area contributed by atoms with Crippen LogP contribution in [0.4, 0.5) is 0 Å². The van der Waals surface area contributed by atoms with Crippen molar-refractivity contribution in [3.63, 3.8) is 0 Å². The van der Waals surface area contributed by atoms with Gasteiger partial charge in [0.15, 0.2) is 0 Å². The highest BCUT2D eigenvalue weighted by Crippen LogP contribution is 2.62. The third-order valence-electron chi connectivity index (χ3n) is 7.85. The maximum Gasteiger partial charge on any atom is 0.283 e. The topological polar surface area (TPSA) is 89.9 Å². The third kappa shape index (κ3) is 2.99. The van der Waals surface area contributed by atoms with Gasteiger partial charge in [0.1, 0.15) is 17.9 Å². The molecule has 0 saturated heterocycles. The highest BCUT2D eigenvalue weighted by Gasteiger charge is 2.62. The van der Waals surface area contributed by atoms with E-state index in [1.54, 1.807) is 13.2 Å². The average molecular weight is 432 g/mol. The van der Waals surface area contributed by atoms with Crippen molar-refractivity contribution in [2.24, 2.45) is 22.1 Å². The zero-order valence-corrected chi connectivity index (χ0v) is 18.9. The summed E-state index contributed by atoms with van der Waals surface area (Å²) in [5.41, 5.74) is 10.7. The monoisotopic (exact) mass is 431 g/mol. The molecule has 2 aromatic carbocycles. The first-order chi connectivity index (χ1) is 15.4. The first kappa shape index (κ1) is 20.8. The number of aliphatic imine (C=N–C) groups is 1. The smallest absolute Gasteiger partial charge is 0.283 e. The first-order valence-electron chi connectivity index (χ1n) is 11.2. The van der Waals surface area contributed by atoms with Crippen LogP contribution in [0.25, 0.3) is 11.1 Å². The van der Waals surface area contributed by atoms with Crippen molar-refractivity contribution < 1.29 is 14.2 Å². The van der Waals surface area contributed by atoms with Gasteiger partial charge in [0.25, 0.3) is 6.02 Å². The van der Waals surface area contributed by atoms with E-state index in [-0.39, 0.29) is 17.5 Å². The second-order valence-electron chi connectivity index (χ2n) is 9.48. The Morgan fingerprint density at radius 1 is 1.19 bits per heavy atom. The highest BCUT2D eigenvalue weighted by molar-refractivity contribution is 5.76. The molecule has 2 N–H and O–H groups in total. The van der Waals surface area contributed by atoms with Gasteiger partial charge in [-0.3, -0.25) is 0 Å². The van der Waals surface area contributed by atoms with E-state index in [9.17, 15) is 5.26 Å². The molecule has 2 spiro atoms. The fourth-order valence-corrected chi connectivity index (χ4v) is 6.32. The average Bonchev–Trinajstić information content (AvgIpc) is 3.32. The number of nitriles is 1. The minimum absolute atomic E-state index is 0.0320. The molecule has 4 atom stereocenters. The van der Waals surface area contributed by atoms with Crippen LogP contribution >= 0.6 is 0 Å². The van der Waals surface area contributed by atoms with Crippen molar-refractivity contribution in [1.82, 2.24) is 0 Å². The summed E-state index contributed by atoms with van der Waals surface area (Å²) in [7, 11) is 3.43. The van der Waals surface area contributed by atoms with Crippen LogP contribution in [0.2, 0.25) is 0 Å². The van der Waals surface area contributed by atoms with Crippen molar-refractivity contribution >= 4 is 6.02 Å². The molecule has 6 nitrogen and oxygen atoms in total. The summed E-state index contributed by atoms with van der Waals surface area (Å²) in [6, 6.07) is 14.7. The second kappa shape index (κ2) is 7.53. The fourth-order valence-electron chi connectivity index (χ4n) is 6.32. The summed E-state index contributed by atoms with van der Waals surface area (Å²) in [4.78, 5) is 4.98. The van der Waals surface area contributed by atoms with Gasteiger partial charge in [-0.2, -0.15) is 5.26 Å². The SMILES string of the molecule is COc1cc(C#N)cc(-c2ccc3c(c2)[C@@]2(COC(N)=N2)[C@@]2(CC[C@@H](OC)[C@H](C)C2)C3)c1. The summed E-state index contributed by atoms with van der Waals surface area (Å²) in [6.07, 6.45) is 4.30. The molecule has 1 heterocycles. The van der Waals surface area contributed by atoms with Crippen LogP contribution < -0.4 is 10.5 Å². The number of benzene rings is 2. The molecule has 0 amide bonds. The standard InChI is InChI=1S/C26H29N3O3/c1-16-12-25(7-6-23(16)31-3)13-19-5-4-18(11-22(19)26(25)15-32-24(28)29-26)20-8-17(14-27)9-21(10-20)30-2/h4-5,8-11,16,23H,6-7,12-13,15H2,1-3H3,(H2,28,29)/t16-,23-,25-,26+/m1/s1. The van der Waals surface area contributed by atoms with Gasteiger partial charge in [-0.15, -0.1) is 0 Å². The summed E-state index contributed by atoms with van der Waals surface area (Å²) in [5.74, 6) is 1.11. The molecule has 166 valence electrons. The van der Waals surface area contributed by atoms with Crippen LogP contribution in [0, 0.1) is 22.7 Å². The van der Waals surface area contributed by atoms with Gasteiger partial charge in [0, 0.05) is 12.5 Å².